The minimum atomic E-state index is 0.208. The fraction of sp³-hybridized carbons (Fsp3) is 0. The molecule has 0 amide bonds. The Bertz CT molecular complexity index is 2580. The van der Waals surface area contributed by atoms with E-state index in [1.165, 1.54) is 36.0 Å². The average molecular weight is 691 g/mol. The molecule has 0 aliphatic carbocycles. The van der Waals surface area contributed by atoms with Crippen LogP contribution in [-0.4, -0.2) is 29.9 Å². The van der Waals surface area contributed by atoms with E-state index in [-0.39, 0.29) is 14.5 Å². The summed E-state index contributed by atoms with van der Waals surface area (Å²) < 4.78 is 2.81. The monoisotopic (exact) mass is 691 g/mol. The van der Waals surface area contributed by atoms with Crippen molar-refractivity contribution in [2.45, 2.75) is 0 Å². The number of hydrogen-bond acceptors (Lipinski definition) is 3. The number of aromatic nitrogens is 3. The Morgan fingerprint density at radius 1 is 0.367 bits per heavy atom. The summed E-state index contributed by atoms with van der Waals surface area (Å²) in [5, 5.41) is 15.7. The summed E-state index contributed by atoms with van der Waals surface area (Å²) in [6.45, 7) is 0. The first-order valence-corrected chi connectivity index (χ1v) is 18.1. The van der Waals surface area contributed by atoms with Crippen LogP contribution in [-0.2, 0) is 0 Å². The van der Waals surface area contributed by atoms with E-state index in [9.17, 15) is 0 Å². The van der Waals surface area contributed by atoms with Crippen LogP contribution >= 0.6 is 0 Å². The SMILES string of the molecule is c1ccc(-c2ccccc2-c2c(-c3ccccc3)ccc(-c3c(-c4ccccc4)ccc4[se]c5ccccc5c34)c2-c2ccnnn2)cc1. The second kappa shape index (κ2) is 12.6. The van der Waals surface area contributed by atoms with E-state index in [0.717, 1.165) is 50.2 Å². The Balaban J connectivity index is 1.49. The molecule has 2 aromatic heterocycles. The van der Waals surface area contributed by atoms with E-state index in [1.807, 2.05) is 6.07 Å². The number of nitrogens with zero attached hydrogens (tertiary/aromatic N) is 3. The first-order chi connectivity index (χ1) is 24.3. The number of benzene rings is 7. The van der Waals surface area contributed by atoms with Crippen molar-refractivity contribution in [2.75, 3.05) is 0 Å². The van der Waals surface area contributed by atoms with Gasteiger partial charge in [0.2, 0.25) is 0 Å². The molecule has 0 N–H and O–H groups in total. The summed E-state index contributed by atoms with van der Waals surface area (Å²) in [6, 6.07) is 61.0. The van der Waals surface area contributed by atoms with Crippen molar-refractivity contribution in [2.24, 2.45) is 0 Å². The second-order valence-electron chi connectivity index (χ2n) is 12.0. The summed E-state index contributed by atoms with van der Waals surface area (Å²) >= 11 is 0.208. The van der Waals surface area contributed by atoms with Gasteiger partial charge in [-0.15, -0.1) is 0 Å². The van der Waals surface area contributed by atoms with Gasteiger partial charge in [-0.25, -0.2) is 0 Å². The average Bonchev–Trinajstić information content (AvgIpc) is 3.57. The van der Waals surface area contributed by atoms with Crippen LogP contribution in [0.1, 0.15) is 0 Å². The van der Waals surface area contributed by atoms with Crippen LogP contribution in [0.4, 0.5) is 0 Å². The van der Waals surface area contributed by atoms with Crippen molar-refractivity contribution in [3.05, 3.63) is 176 Å². The predicted molar refractivity (Wildman–Crippen MR) is 204 cm³/mol. The Morgan fingerprint density at radius 3 is 1.59 bits per heavy atom. The molecule has 49 heavy (non-hydrogen) atoms. The molecule has 9 aromatic rings. The summed E-state index contributed by atoms with van der Waals surface area (Å²) in [4.78, 5) is 0. The van der Waals surface area contributed by atoms with Gasteiger partial charge in [0.15, 0.2) is 0 Å². The molecule has 0 spiro atoms. The molecule has 0 saturated carbocycles. The van der Waals surface area contributed by atoms with E-state index >= 15 is 0 Å². The Hall–Kier alpha value is -5.93. The van der Waals surface area contributed by atoms with Gasteiger partial charge in [0, 0.05) is 0 Å². The summed E-state index contributed by atoms with van der Waals surface area (Å²) in [7, 11) is 0. The van der Waals surface area contributed by atoms with E-state index in [0.29, 0.717) is 0 Å². The zero-order valence-corrected chi connectivity index (χ0v) is 28.2. The molecule has 7 aromatic carbocycles. The van der Waals surface area contributed by atoms with Crippen LogP contribution < -0.4 is 0 Å². The fourth-order valence-corrected chi connectivity index (χ4v) is 9.45. The number of rotatable bonds is 6. The van der Waals surface area contributed by atoms with Crippen LogP contribution in [0, 0.1) is 0 Å². The third kappa shape index (κ3) is 5.19. The molecule has 0 bridgehead atoms. The topological polar surface area (TPSA) is 38.7 Å². The van der Waals surface area contributed by atoms with Gasteiger partial charge in [0.1, 0.15) is 0 Å². The van der Waals surface area contributed by atoms with E-state index in [4.69, 9.17) is 5.10 Å². The summed E-state index contributed by atoms with van der Waals surface area (Å²) in [5.74, 6) is 0. The zero-order valence-electron chi connectivity index (χ0n) is 26.5. The van der Waals surface area contributed by atoms with E-state index in [1.54, 1.807) is 6.20 Å². The van der Waals surface area contributed by atoms with Gasteiger partial charge >= 0.3 is 292 Å². The molecule has 0 atom stereocenters. The maximum atomic E-state index is 4.74. The van der Waals surface area contributed by atoms with E-state index in [2.05, 4.69) is 174 Å². The standard InChI is InChI=1S/C45H29N3Se/c1-4-14-30(15-5-1)33-20-10-11-21-36(33)42-34(31-16-6-2-7-17-31)24-25-38(44(42)39-28-29-46-48-47-39)43-35(32-18-8-3-9-19-32)26-27-41-45(43)37-22-12-13-23-40(37)49-41/h1-29H. The molecule has 0 radical (unpaired) electrons. The van der Waals surface area contributed by atoms with Crippen molar-refractivity contribution in [1.82, 2.24) is 15.4 Å². The van der Waals surface area contributed by atoms with Gasteiger partial charge in [-0.05, 0) is 0 Å². The van der Waals surface area contributed by atoms with Crippen LogP contribution in [0.15, 0.2) is 176 Å². The number of fused-ring (bicyclic) bond motifs is 3. The van der Waals surface area contributed by atoms with Gasteiger partial charge in [0.05, 0.1) is 0 Å². The molecule has 2 heterocycles. The Kier molecular flexibility index (Phi) is 7.51. The molecule has 0 fully saturated rings. The van der Waals surface area contributed by atoms with Gasteiger partial charge in [0.25, 0.3) is 0 Å². The van der Waals surface area contributed by atoms with Gasteiger partial charge in [-0.3, -0.25) is 0 Å². The third-order valence-corrected chi connectivity index (χ3v) is 11.6. The maximum absolute atomic E-state index is 4.74. The number of hydrogen-bond donors (Lipinski definition) is 0. The summed E-state index contributed by atoms with van der Waals surface area (Å²) in [5.41, 5.74) is 13.4. The van der Waals surface area contributed by atoms with Crippen LogP contribution in [0.2, 0.25) is 0 Å². The molecule has 3 nitrogen and oxygen atoms in total. The predicted octanol–water partition coefficient (Wildman–Crippen LogP) is 11.2. The minimum absolute atomic E-state index is 0.208. The molecule has 230 valence electrons. The van der Waals surface area contributed by atoms with Crippen molar-refractivity contribution in [1.29, 1.82) is 0 Å². The quantitative estimate of drug-likeness (QED) is 0.163. The molecule has 9 rings (SSSR count). The van der Waals surface area contributed by atoms with Crippen LogP contribution in [0.3, 0.4) is 0 Å². The molecule has 0 saturated heterocycles. The summed E-state index contributed by atoms with van der Waals surface area (Å²) in [6.07, 6.45) is 1.75. The van der Waals surface area contributed by atoms with Crippen molar-refractivity contribution in [3.8, 4) is 66.9 Å². The Morgan fingerprint density at radius 2 is 0.918 bits per heavy atom. The second-order valence-corrected chi connectivity index (χ2v) is 14.3. The molecular formula is C45H29N3Se. The molecule has 0 aliphatic heterocycles. The Labute approximate surface area is 290 Å². The molecule has 4 heteroatoms. The molecule has 0 unspecified atom stereocenters. The van der Waals surface area contributed by atoms with Crippen LogP contribution in [0.5, 0.6) is 0 Å². The van der Waals surface area contributed by atoms with E-state index < -0.39 is 0 Å². The normalized spacial score (nSPS) is 11.3. The fourth-order valence-electron chi connectivity index (χ4n) is 7.11. The van der Waals surface area contributed by atoms with Crippen molar-refractivity contribution in [3.63, 3.8) is 0 Å². The zero-order chi connectivity index (χ0) is 32.6. The first kappa shape index (κ1) is 29.2. The van der Waals surface area contributed by atoms with Gasteiger partial charge in [-0.1, -0.05) is 0 Å². The van der Waals surface area contributed by atoms with Crippen molar-refractivity contribution < 1.29 is 0 Å². The molecular weight excluding hydrogens is 661 g/mol. The van der Waals surface area contributed by atoms with Crippen LogP contribution in [0.25, 0.3) is 86.2 Å². The first-order valence-electron chi connectivity index (χ1n) is 16.4. The van der Waals surface area contributed by atoms with Gasteiger partial charge < -0.3 is 0 Å². The van der Waals surface area contributed by atoms with Gasteiger partial charge in [-0.2, -0.15) is 0 Å². The third-order valence-electron chi connectivity index (χ3n) is 9.23. The molecule has 0 aliphatic rings. The van der Waals surface area contributed by atoms with Crippen molar-refractivity contribution >= 4 is 33.8 Å².